The Morgan fingerprint density at radius 3 is 2.65 bits per heavy atom. The summed E-state index contributed by atoms with van der Waals surface area (Å²) in [5, 5.41) is 0.758. The fourth-order valence-corrected chi connectivity index (χ4v) is 5.28. The van der Waals surface area contributed by atoms with Gasteiger partial charge in [-0.05, 0) is 55.9 Å². The Morgan fingerprint density at radius 2 is 2.05 bits per heavy atom. The van der Waals surface area contributed by atoms with Crippen molar-refractivity contribution >= 4 is 11.8 Å². The Morgan fingerprint density at radius 1 is 1.25 bits per heavy atom. The van der Waals surface area contributed by atoms with Gasteiger partial charge in [0.25, 0.3) is 0 Å². The van der Waals surface area contributed by atoms with E-state index in [0.29, 0.717) is 11.5 Å². The van der Waals surface area contributed by atoms with Crippen LogP contribution in [0.1, 0.15) is 59.3 Å². The van der Waals surface area contributed by atoms with E-state index in [1.807, 2.05) is 0 Å². The van der Waals surface area contributed by atoms with Gasteiger partial charge in [0.2, 0.25) is 0 Å². The van der Waals surface area contributed by atoms with Gasteiger partial charge in [-0.15, -0.1) is 0 Å². The van der Waals surface area contributed by atoms with Crippen molar-refractivity contribution in [2.75, 3.05) is 18.9 Å². The highest BCUT2D eigenvalue weighted by Gasteiger charge is 2.37. The smallest absolute Gasteiger partial charge is 0.0666 e. The van der Waals surface area contributed by atoms with Crippen LogP contribution in [0.25, 0.3) is 0 Å². The molecule has 1 heterocycles. The Balaban J connectivity index is 1.88. The van der Waals surface area contributed by atoms with E-state index < -0.39 is 0 Å². The van der Waals surface area contributed by atoms with Crippen LogP contribution in [0.4, 0.5) is 0 Å². The molecule has 0 aromatic heterocycles. The number of hydrogen-bond acceptors (Lipinski definition) is 3. The Bertz CT molecular complexity index is 289. The van der Waals surface area contributed by atoms with Gasteiger partial charge in [-0.2, -0.15) is 11.8 Å². The van der Waals surface area contributed by atoms with Crippen molar-refractivity contribution < 1.29 is 4.74 Å². The quantitative estimate of drug-likeness (QED) is 0.802. The molecule has 2 nitrogen and oxygen atoms in total. The van der Waals surface area contributed by atoms with Crippen LogP contribution in [0.15, 0.2) is 0 Å². The van der Waals surface area contributed by atoms with Gasteiger partial charge in [0, 0.05) is 17.6 Å². The van der Waals surface area contributed by atoms with Crippen LogP contribution in [0.2, 0.25) is 0 Å². The molecule has 4 atom stereocenters. The summed E-state index contributed by atoms with van der Waals surface area (Å²) in [5.74, 6) is 2.78. The van der Waals surface area contributed by atoms with E-state index in [1.165, 1.54) is 44.3 Å². The van der Waals surface area contributed by atoms with Crippen LogP contribution < -0.4 is 5.73 Å². The molecule has 2 aliphatic rings. The average Bonchev–Trinajstić information content (AvgIpc) is 2.98. The second kappa shape index (κ2) is 7.51. The number of nitrogens with two attached hydrogens (primary N) is 1. The standard InChI is InChI=1S/C17H33NOS/c1-4-17(2,3)14-8-7-13(11-18)16(10-14)20-12-15-6-5-9-19-15/h13-16H,4-12,18H2,1-3H3. The van der Waals surface area contributed by atoms with E-state index in [4.69, 9.17) is 10.5 Å². The zero-order valence-corrected chi connectivity index (χ0v) is 14.4. The highest BCUT2D eigenvalue weighted by atomic mass is 32.2. The molecule has 0 bridgehead atoms. The van der Waals surface area contributed by atoms with Gasteiger partial charge in [-0.3, -0.25) is 0 Å². The molecule has 2 fully saturated rings. The third-order valence-corrected chi connectivity index (χ3v) is 7.34. The maximum absolute atomic E-state index is 6.02. The van der Waals surface area contributed by atoms with E-state index in [-0.39, 0.29) is 0 Å². The predicted octanol–water partition coefficient (Wildman–Crippen LogP) is 4.08. The van der Waals surface area contributed by atoms with Crippen molar-refractivity contribution in [3.63, 3.8) is 0 Å². The predicted molar refractivity (Wildman–Crippen MR) is 89.2 cm³/mol. The van der Waals surface area contributed by atoms with Crippen LogP contribution >= 0.6 is 11.8 Å². The molecule has 0 spiro atoms. The van der Waals surface area contributed by atoms with Gasteiger partial charge in [0.1, 0.15) is 0 Å². The van der Waals surface area contributed by atoms with Gasteiger partial charge in [-0.1, -0.05) is 27.2 Å². The minimum atomic E-state index is 0.488. The average molecular weight is 300 g/mol. The van der Waals surface area contributed by atoms with E-state index in [0.717, 1.165) is 30.2 Å². The Hall–Kier alpha value is 0.270. The lowest BCUT2D eigenvalue weighted by Crippen LogP contribution is -2.38. The van der Waals surface area contributed by atoms with Crippen LogP contribution in [-0.2, 0) is 4.74 Å². The van der Waals surface area contributed by atoms with Crippen molar-refractivity contribution in [1.82, 2.24) is 0 Å². The minimum absolute atomic E-state index is 0.488. The van der Waals surface area contributed by atoms with E-state index in [2.05, 4.69) is 32.5 Å². The summed E-state index contributed by atoms with van der Waals surface area (Å²) < 4.78 is 5.78. The second-order valence-corrected chi connectivity index (χ2v) is 8.63. The fourth-order valence-electron chi connectivity index (χ4n) is 3.67. The van der Waals surface area contributed by atoms with Crippen molar-refractivity contribution in [3.05, 3.63) is 0 Å². The first kappa shape index (κ1) is 16.6. The molecule has 1 aliphatic heterocycles. The highest BCUT2D eigenvalue weighted by Crippen LogP contribution is 2.45. The van der Waals surface area contributed by atoms with Gasteiger partial charge < -0.3 is 10.5 Å². The topological polar surface area (TPSA) is 35.2 Å². The van der Waals surface area contributed by atoms with Gasteiger partial charge in [-0.25, -0.2) is 0 Å². The number of rotatable bonds is 6. The molecule has 1 saturated heterocycles. The molecule has 1 aliphatic carbocycles. The highest BCUT2D eigenvalue weighted by molar-refractivity contribution is 7.99. The Kier molecular flexibility index (Phi) is 6.25. The van der Waals surface area contributed by atoms with Crippen LogP contribution in [0.3, 0.4) is 0 Å². The summed E-state index contributed by atoms with van der Waals surface area (Å²) in [7, 11) is 0. The maximum atomic E-state index is 6.02. The molecule has 20 heavy (non-hydrogen) atoms. The molecule has 0 aromatic rings. The normalized spacial score (nSPS) is 35.4. The third-order valence-electron chi connectivity index (χ3n) is 5.77. The van der Waals surface area contributed by atoms with E-state index in [9.17, 15) is 0 Å². The van der Waals surface area contributed by atoms with Gasteiger partial charge >= 0.3 is 0 Å². The SMILES string of the molecule is CCC(C)(C)C1CCC(CN)C(SCC2CCCO2)C1. The molecule has 2 rings (SSSR count). The molecule has 0 amide bonds. The second-order valence-electron chi connectivity index (χ2n) is 7.35. The van der Waals surface area contributed by atoms with Crippen molar-refractivity contribution in [2.45, 2.75) is 70.7 Å². The van der Waals surface area contributed by atoms with Crippen molar-refractivity contribution in [2.24, 2.45) is 23.0 Å². The number of thioether (sulfide) groups is 1. The summed E-state index contributed by atoms with van der Waals surface area (Å²) in [6.45, 7) is 9.07. The lowest BCUT2D eigenvalue weighted by Gasteiger charge is -2.43. The summed E-state index contributed by atoms with van der Waals surface area (Å²) in [5.41, 5.74) is 6.51. The fraction of sp³-hybridized carbons (Fsp3) is 1.00. The van der Waals surface area contributed by atoms with Gasteiger partial charge in [0.05, 0.1) is 6.10 Å². The van der Waals surface area contributed by atoms with Crippen LogP contribution in [0.5, 0.6) is 0 Å². The molecule has 0 radical (unpaired) electrons. The number of ether oxygens (including phenoxy) is 1. The zero-order chi connectivity index (χ0) is 14.6. The Labute approximate surface area is 129 Å². The van der Waals surface area contributed by atoms with Crippen LogP contribution in [-0.4, -0.2) is 30.3 Å². The summed E-state index contributed by atoms with van der Waals surface area (Å²) in [4.78, 5) is 0. The zero-order valence-electron chi connectivity index (χ0n) is 13.6. The summed E-state index contributed by atoms with van der Waals surface area (Å²) in [6.07, 6.45) is 8.37. The van der Waals surface area contributed by atoms with E-state index >= 15 is 0 Å². The molecule has 1 saturated carbocycles. The maximum Gasteiger partial charge on any atom is 0.0666 e. The van der Waals surface area contributed by atoms with E-state index in [1.54, 1.807) is 0 Å². The van der Waals surface area contributed by atoms with Crippen LogP contribution in [0, 0.1) is 17.3 Å². The lowest BCUT2D eigenvalue weighted by molar-refractivity contribution is 0.126. The molecular weight excluding hydrogens is 266 g/mol. The lowest BCUT2D eigenvalue weighted by atomic mass is 9.67. The first-order valence-electron chi connectivity index (χ1n) is 8.50. The molecule has 4 unspecified atom stereocenters. The summed E-state index contributed by atoms with van der Waals surface area (Å²) >= 11 is 2.15. The largest absolute Gasteiger partial charge is 0.377 e. The van der Waals surface area contributed by atoms with Gasteiger partial charge in [0.15, 0.2) is 0 Å². The molecule has 3 heteroatoms. The molecule has 118 valence electrons. The third kappa shape index (κ3) is 4.14. The molecule has 0 aromatic carbocycles. The minimum Gasteiger partial charge on any atom is -0.377 e. The monoisotopic (exact) mass is 299 g/mol. The summed E-state index contributed by atoms with van der Waals surface area (Å²) in [6, 6.07) is 0. The van der Waals surface area contributed by atoms with Crippen molar-refractivity contribution in [1.29, 1.82) is 0 Å². The first-order chi connectivity index (χ1) is 9.56. The molecular formula is C17H33NOS. The number of hydrogen-bond donors (Lipinski definition) is 1. The first-order valence-corrected chi connectivity index (χ1v) is 9.55. The van der Waals surface area contributed by atoms with Crippen molar-refractivity contribution in [3.8, 4) is 0 Å². The molecule has 2 N–H and O–H groups in total.